The van der Waals surface area contributed by atoms with Crippen LogP contribution in [0.1, 0.15) is 21.5 Å². The number of fused-ring (bicyclic) bond motifs is 3. The molecule has 2 aromatic carbocycles. The summed E-state index contributed by atoms with van der Waals surface area (Å²) in [6, 6.07) is 12.8. The van der Waals surface area contributed by atoms with E-state index in [-0.39, 0.29) is 5.56 Å². The number of benzene rings is 2. The van der Waals surface area contributed by atoms with Crippen LogP contribution in [0.15, 0.2) is 54.9 Å². The Morgan fingerprint density at radius 3 is 2.71 bits per heavy atom. The highest BCUT2D eigenvalue weighted by Gasteiger charge is 2.12. The van der Waals surface area contributed by atoms with Crippen molar-refractivity contribution in [1.29, 1.82) is 0 Å². The van der Waals surface area contributed by atoms with Gasteiger partial charge in [0.1, 0.15) is 11.6 Å². The molecule has 0 aliphatic carbocycles. The summed E-state index contributed by atoms with van der Waals surface area (Å²) in [6.45, 7) is 2.65. The van der Waals surface area contributed by atoms with Crippen molar-refractivity contribution in [2.24, 2.45) is 0 Å². The smallest absolute Gasteiger partial charge is 0.335 e. The molecular formula is C22H19N3O3. The molecule has 0 bridgehead atoms. The average molecular weight is 373 g/mol. The Labute approximate surface area is 161 Å². The second-order valence-corrected chi connectivity index (χ2v) is 6.56. The van der Waals surface area contributed by atoms with E-state index in [1.807, 2.05) is 31.2 Å². The van der Waals surface area contributed by atoms with Gasteiger partial charge in [-0.2, -0.15) is 0 Å². The molecule has 0 aliphatic heterocycles. The van der Waals surface area contributed by atoms with Crippen molar-refractivity contribution in [2.75, 3.05) is 12.4 Å². The molecule has 0 fully saturated rings. The van der Waals surface area contributed by atoms with E-state index in [0.717, 1.165) is 44.4 Å². The van der Waals surface area contributed by atoms with Crippen molar-refractivity contribution >= 4 is 33.5 Å². The van der Waals surface area contributed by atoms with E-state index < -0.39 is 5.97 Å². The van der Waals surface area contributed by atoms with E-state index >= 15 is 0 Å². The molecule has 140 valence electrons. The highest BCUT2D eigenvalue weighted by atomic mass is 16.5. The molecular weight excluding hydrogens is 354 g/mol. The lowest BCUT2D eigenvalue weighted by molar-refractivity contribution is 0.0697. The summed E-state index contributed by atoms with van der Waals surface area (Å²) < 4.78 is 5.26. The molecule has 2 N–H and O–H groups in total. The average Bonchev–Trinajstić information content (AvgIpc) is 2.72. The van der Waals surface area contributed by atoms with Crippen LogP contribution < -0.4 is 10.1 Å². The first-order valence-electron chi connectivity index (χ1n) is 8.85. The molecule has 4 aromatic rings. The number of aromatic nitrogens is 2. The third kappa shape index (κ3) is 3.20. The lowest BCUT2D eigenvalue weighted by Crippen LogP contribution is -2.05. The maximum Gasteiger partial charge on any atom is 0.335 e. The summed E-state index contributed by atoms with van der Waals surface area (Å²) in [5.74, 6) is 0.607. The lowest BCUT2D eigenvalue weighted by atomic mass is 10.0. The number of ether oxygens (including phenoxy) is 1. The fraction of sp³-hybridized carbons (Fsp3) is 0.136. The van der Waals surface area contributed by atoms with Crippen molar-refractivity contribution in [3.63, 3.8) is 0 Å². The SMILES string of the molecule is COc1ccc(CNc2nc3ccc(C(=O)O)cc3c3cnccc23)c(C)c1. The third-order valence-electron chi connectivity index (χ3n) is 4.84. The van der Waals surface area contributed by atoms with Gasteiger partial charge in [-0.25, -0.2) is 9.78 Å². The number of nitrogens with one attached hydrogen (secondary N) is 1. The minimum Gasteiger partial charge on any atom is -0.497 e. The van der Waals surface area contributed by atoms with Crippen molar-refractivity contribution in [1.82, 2.24) is 9.97 Å². The highest BCUT2D eigenvalue weighted by molar-refractivity contribution is 6.11. The van der Waals surface area contributed by atoms with Gasteiger partial charge in [-0.3, -0.25) is 4.98 Å². The first kappa shape index (κ1) is 17.7. The van der Waals surface area contributed by atoms with Gasteiger partial charge in [0.15, 0.2) is 0 Å². The number of hydrogen-bond acceptors (Lipinski definition) is 5. The second kappa shape index (κ2) is 7.15. The first-order chi connectivity index (χ1) is 13.6. The number of pyridine rings is 2. The Balaban J connectivity index is 1.76. The molecule has 0 radical (unpaired) electrons. The second-order valence-electron chi connectivity index (χ2n) is 6.56. The molecule has 0 spiro atoms. The van der Waals surface area contributed by atoms with E-state index in [4.69, 9.17) is 9.72 Å². The third-order valence-corrected chi connectivity index (χ3v) is 4.84. The fourth-order valence-corrected chi connectivity index (χ4v) is 3.29. The van der Waals surface area contributed by atoms with Crippen LogP contribution in [0.25, 0.3) is 21.7 Å². The summed E-state index contributed by atoms with van der Waals surface area (Å²) in [4.78, 5) is 20.3. The molecule has 0 aliphatic rings. The molecule has 0 saturated heterocycles. The number of aryl methyl sites for hydroxylation is 1. The molecule has 28 heavy (non-hydrogen) atoms. The molecule has 0 saturated carbocycles. The number of aromatic carboxylic acids is 1. The molecule has 2 aromatic heterocycles. The number of carboxylic acid groups (broad SMARTS) is 1. The van der Waals surface area contributed by atoms with E-state index in [2.05, 4.69) is 10.3 Å². The van der Waals surface area contributed by atoms with Gasteiger partial charge in [0.25, 0.3) is 0 Å². The normalized spacial score (nSPS) is 10.9. The summed E-state index contributed by atoms with van der Waals surface area (Å²) in [5, 5.41) is 15.2. The molecule has 6 heteroatoms. The predicted octanol–water partition coefficient (Wildman–Crippen LogP) is 4.41. The Bertz CT molecular complexity index is 1200. The number of anilines is 1. The monoisotopic (exact) mass is 373 g/mol. The topological polar surface area (TPSA) is 84.3 Å². The van der Waals surface area contributed by atoms with Gasteiger partial charge in [0, 0.05) is 35.1 Å². The Kier molecular flexibility index (Phi) is 4.53. The van der Waals surface area contributed by atoms with Crippen LogP contribution in [-0.2, 0) is 6.54 Å². The van der Waals surface area contributed by atoms with Gasteiger partial charge in [-0.05, 0) is 54.4 Å². The van der Waals surface area contributed by atoms with Crippen molar-refractivity contribution in [3.8, 4) is 5.75 Å². The number of carboxylic acids is 1. The zero-order valence-electron chi connectivity index (χ0n) is 15.6. The molecule has 6 nitrogen and oxygen atoms in total. The van der Waals surface area contributed by atoms with Crippen molar-refractivity contribution in [3.05, 3.63) is 71.5 Å². The number of methoxy groups -OCH3 is 1. The maximum absolute atomic E-state index is 11.3. The minimum atomic E-state index is -0.962. The van der Waals surface area contributed by atoms with Crippen LogP contribution in [0.4, 0.5) is 5.82 Å². The maximum atomic E-state index is 11.3. The van der Waals surface area contributed by atoms with E-state index in [0.29, 0.717) is 6.54 Å². The van der Waals surface area contributed by atoms with E-state index in [1.165, 1.54) is 0 Å². The van der Waals surface area contributed by atoms with E-state index in [9.17, 15) is 9.90 Å². The standard InChI is InChI=1S/C22H19N3O3/c1-13-9-16(28-2)5-3-15(13)11-24-21-17-7-8-23-12-19(17)18-10-14(22(26)27)4-6-20(18)25-21/h3-10,12H,11H2,1-2H3,(H,24,25)(H,26,27). The summed E-state index contributed by atoms with van der Waals surface area (Å²) in [6.07, 6.45) is 3.45. The summed E-state index contributed by atoms with van der Waals surface area (Å²) in [7, 11) is 1.65. The van der Waals surface area contributed by atoms with Crippen molar-refractivity contribution < 1.29 is 14.6 Å². The lowest BCUT2D eigenvalue weighted by Gasteiger charge is -2.13. The van der Waals surface area contributed by atoms with Crippen LogP contribution >= 0.6 is 0 Å². The quantitative estimate of drug-likeness (QED) is 0.504. The van der Waals surface area contributed by atoms with Gasteiger partial charge in [0.2, 0.25) is 0 Å². The highest BCUT2D eigenvalue weighted by Crippen LogP contribution is 2.30. The van der Waals surface area contributed by atoms with Gasteiger partial charge < -0.3 is 15.2 Å². The number of rotatable bonds is 5. The van der Waals surface area contributed by atoms with Gasteiger partial charge >= 0.3 is 5.97 Å². The largest absolute Gasteiger partial charge is 0.497 e. The van der Waals surface area contributed by atoms with E-state index in [1.54, 1.807) is 37.7 Å². The Morgan fingerprint density at radius 2 is 1.96 bits per heavy atom. The number of nitrogens with zero attached hydrogens (tertiary/aromatic N) is 2. The molecule has 2 heterocycles. The number of hydrogen-bond donors (Lipinski definition) is 2. The predicted molar refractivity (Wildman–Crippen MR) is 109 cm³/mol. The van der Waals surface area contributed by atoms with Crippen LogP contribution in [-0.4, -0.2) is 28.2 Å². The zero-order valence-corrected chi connectivity index (χ0v) is 15.6. The molecule has 4 rings (SSSR count). The van der Waals surface area contributed by atoms with Crippen LogP contribution in [0.5, 0.6) is 5.75 Å². The zero-order chi connectivity index (χ0) is 19.7. The fourth-order valence-electron chi connectivity index (χ4n) is 3.29. The van der Waals surface area contributed by atoms with Crippen LogP contribution in [0, 0.1) is 6.92 Å². The molecule has 0 atom stereocenters. The van der Waals surface area contributed by atoms with Crippen molar-refractivity contribution in [2.45, 2.75) is 13.5 Å². The summed E-state index contributed by atoms with van der Waals surface area (Å²) >= 11 is 0. The van der Waals surface area contributed by atoms with Gasteiger partial charge in [-0.1, -0.05) is 6.07 Å². The van der Waals surface area contributed by atoms with Gasteiger partial charge in [0.05, 0.1) is 18.2 Å². The molecule has 0 unspecified atom stereocenters. The minimum absolute atomic E-state index is 0.231. The first-order valence-corrected chi connectivity index (χ1v) is 8.85. The number of carbonyl (C=O) groups is 1. The van der Waals surface area contributed by atoms with Gasteiger partial charge in [-0.15, -0.1) is 0 Å². The molecule has 0 amide bonds. The Morgan fingerprint density at radius 1 is 1.11 bits per heavy atom. The Hall–Kier alpha value is -3.67. The van der Waals surface area contributed by atoms with Crippen LogP contribution in [0.3, 0.4) is 0 Å². The summed E-state index contributed by atoms with van der Waals surface area (Å²) in [5.41, 5.74) is 3.23. The van der Waals surface area contributed by atoms with Crippen LogP contribution in [0.2, 0.25) is 0 Å².